The van der Waals surface area contributed by atoms with Crippen LogP contribution in [-0.2, 0) is 6.42 Å². The van der Waals surface area contributed by atoms with E-state index in [1.807, 2.05) is 6.26 Å². The molecule has 16 heavy (non-hydrogen) atoms. The quantitative estimate of drug-likeness (QED) is 0.839. The largest absolute Gasteiger partial charge is 0.469 e. The van der Waals surface area contributed by atoms with Crippen LogP contribution in [0.3, 0.4) is 0 Å². The van der Waals surface area contributed by atoms with Gasteiger partial charge in [0.05, 0.1) is 6.26 Å². The minimum absolute atomic E-state index is 0.509. The molecule has 1 heterocycles. The number of aryl methyl sites for hydroxylation is 1. The summed E-state index contributed by atoms with van der Waals surface area (Å²) < 4.78 is 5.52. The van der Waals surface area contributed by atoms with Crippen molar-refractivity contribution < 1.29 is 4.42 Å². The lowest BCUT2D eigenvalue weighted by Crippen LogP contribution is -2.37. The minimum atomic E-state index is 0.509. The molecule has 0 bridgehead atoms. The Kier molecular flexibility index (Phi) is 3.70. The van der Waals surface area contributed by atoms with Crippen molar-refractivity contribution in [3.05, 3.63) is 23.7 Å². The molecule has 1 N–H and O–H groups in total. The highest BCUT2D eigenvalue weighted by Crippen LogP contribution is 2.31. The van der Waals surface area contributed by atoms with Gasteiger partial charge >= 0.3 is 0 Å². The first kappa shape index (κ1) is 11.7. The molecule has 2 rings (SSSR count). The van der Waals surface area contributed by atoms with Crippen molar-refractivity contribution in [2.75, 3.05) is 0 Å². The maximum atomic E-state index is 5.52. The van der Waals surface area contributed by atoms with Gasteiger partial charge in [0, 0.05) is 24.1 Å². The molecule has 0 fully saturated rings. The van der Waals surface area contributed by atoms with Crippen LogP contribution in [0.15, 0.2) is 16.7 Å². The van der Waals surface area contributed by atoms with E-state index in [2.05, 4.69) is 32.2 Å². The van der Waals surface area contributed by atoms with E-state index >= 15 is 0 Å². The number of hydrogen-bond acceptors (Lipinski definition) is 2. The van der Waals surface area contributed by atoms with E-state index in [9.17, 15) is 0 Å². The summed E-state index contributed by atoms with van der Waals surface area (Å²) in [4.78, 5) is 0. The van der Waals surface area contributed by atoms with Crippen LogP contribution in [0.4, 0.5) is 0 Å². The number of furan rings is 1. The summed E-state index contributed by atoms with van der Waals surface area (Å²) in [6.45, 7) is 6.84. The second kappa shape index (κ2) is 5.05. The van der Waals surface area contributed by atoms with E-state index in [1.54, 1.807) is 0 Å². The number of rotatable bonds is 4. The lowest BCUT2D eigenvalue weighted by molar-refractivity contribution is 0.317. The Bertz CT molecular complexity index is 329. The van der Waals surface area contributed by atoms with Crippen molar-refractivity contribution in [2.24, 2.45) is 5.92 Å². The summed E-state index contributed by atoms with van der Waals surface area (Å²) in [7, 11) is 0. The van der Waals surface area contributed by atoms with Crippen LogP contribution in [0.2, 0.25) is 0 Å². The van der Waals surface area contributed by atoms with Gasteiger partial charge in [-0.15, -0.1) is 0 Å². The Balaban J connectivity index is 2.07. The summed E-state index contributed by atoms with van der Waals surface area (Å²) in [5, 5.41) is 3.79. The summed E-state index contributed by atoms with van der Waals surface area (Å²) in [6.07, 6.45) is 6.63. The molecule has 0 saturated carbocycles. The highest BCUT2D eigenvalue weighted by atomic mass is 16.3. The third kappa shape index (κ3) is 2.32. The molecule has 1 aliphatic rings. The van der Waals surface area contributed by atoms with E-state index < -0.39 is 0 Å². The molecule has 2 atom stereocenters. The van der Waals surface area contributed by atoms with Crippen molar-refractivity contribution >= 4 is 0 Å². The molecule has 0 aliphatic heterocycles. The highest BCUT2D eigenvalue weighted by molar-refractivity contribution is 5.24. The van der Waals surface area contributed by atoms with Crippen molar-refractivity contribution in [1.29, 1.82) is 0 Å². The molecule has 0 aromatic carbocycles. The van der Waals surface area contributed by atoms with Crippen molar-refractivity contribution in [1.82, 2.24) is 5.32 Å². The predicted octanol–water partition coefficient (Wildman–Crippen LogP) is 3.68. The molecule has 1 aromatic heterocycles. The van der Waals surface area contributed by atoms with Crippen molar-refractivity contribution in [2.45, 2.75) is 58.5 Å². The minimum Gasteiger partial charge on any atom is -0.469 e. The standard InChI is InChI=1S/C14H23NO/c1-4-12(10(2)3)15-13-6-5-7-14-11(13)8-9-16-14/h8-10,12-13,15H,4-7H2,1-3H3. The molecule has 1 aromatic rings. The predicted molar refractivity (Wildman–Crippen MR) is 66.4 cm³/mol. The third-order valence-electron chi connectivity index (χ3n) is 3.71. The highest BCUT2D eigenvalue weighted by Gasteiger charge is 2.25. The number of fused-ring (bicyclic) bond motifs is 1. The fraction of sp³-hybridized carbons (Fsp3) is 0.714. The monoisotopic (exact) mass is 221 g/mol. The Morgan fingerprint density at radius 3 is 3.00 bits per heavy atom. The Hall–Kier alpha value is -0.760. The topological polar surface area (TPSA) is 25.2 Å². The Morgan fingerprint density at radius 2 is 2.31 bits per heavy atom. The van der Waals surface area contributed by atoms with E-state index in [4.69, 9.17) is 4.42 Å². The van der Waals surface area contributed by atoms with Gasteiger partial charge in [-0.3, -0.25) is 0 Å². The Morgan fingerprint density at radius 1 is 1.50 bits per heavy atom. The zero-order chi connectivity index (χ0) is 11.5. The average Bonchev–Trinajstić information content (AvgIpc) is 2.73. The Labute approximate surface area is 98.4 Å². The summed E-state index contributed by atoms with van der Waals surface area (Å²) in [5.74, 6) is 1.89. The van der Waals surface area contributed by atoms with Gasteiger partial charge in [-0.2, -0.15) is 0 Å². The van der Waals surface area contributed by atoms with Gasteiger partial charge in [0.2, 0.25) is 0 Å². The van der Waals surface area contributed by atoms with Crippen LogP contribution in [0.25, 0.3) is 0 Å². The van der Waals surface area contributed by atoms with E-state index in [0.29, 0.717) is 18.0 Å². The first-order valence-corrected chi connectivity index (χ1v) is 6.54. The van der Waals surface area contributed by atoms with E-state index in [0.717, 1.165) is 6.42 Å². The molecule has 0 spiro atoms. The first-order chi connectivity index (χ1) is 7.72. The second-order valence-corrected chi connectivity index (χ2v) is 5.17. The van der Waals surface area contributed by atoms with Gasteiger partial charge in [0.1, 0.15) is 5.76 Å². The fourth-order valence-corrected chi connectivity index (χ4v) is 2.70. The third-order valence-corrected chi connectivity index (χ3v) is 3.71. The van der Waals surface area contributed by atoms with Crippen LogP contribution in [-0.4, -0.2) is 6.04 Å². The smallest absolute Gasteiger partial charge is 0.108 e. The van der Waals surface area contributed by atoms with E-state index in [-0.39, 0.29) is 0 Å². The maximum Gasteiger partial charge on any atom is 0.108 e. The van der Waals surface area contributed by atoms with Crippen molar-refractivity contribution in [3.8, 4) is 0 Å². The summed E-state index contributed by atoms with van der Waals surface area (Å²) in [6, 6.07) is 3.26. The van der Waals surface area contributed by atoms with Crippen LogP contribution in [0.5, 0.6) is 0 Å². The molecule has 90 valence electrons. The SMILES string of the molecule is CCC(NC1CCCc2occc21)C(C)C. The summed E-state index contributed by atoms with van der Waals surface area (Å²) in [5.41, 5.74) is 1.39. The zero-order valence-electron chi connectivity index (χ0n) is 10.6. The fourth-order valence-electron chi connectivity index (χ4n) is 2.70. The normalized spacial score (nSPS) is 22.1. The van der Waals surface area contributed by atoms with Gasteiger partial charge in [-0.05, 0) is 31.2 Å². The van der Waals surface area contributed by atoms with Gasteiger partial charge in [0.25, 0.3) is 0 Å². The number of nitrogens with one attached hydrogen (secondary N) is 1. The number of hydrogen-bond donors (Lipinski definition) is 1. The van der Waals surface area contributed by atoms with Gasteiger partial charge < -0.3 is 9.73 Å². The van der Waals surface area contributed by atoms with Crippen LogP contribution < -0.4 is 5.32 Å². The van der Waals surface area contributed by atoms with Crippen LogP contribution in [0, 0.1) is 5.92 Å². The lowest BCUT2D eigenvalue weighted by atomic mass is 9.91. The molecule has 2 heteroatoms. The molecule has 2 nitrogen and oxygen atoms in total. The summed E-state index contributed by atoms with van der Waals surface area (Å²) >= 11 is 0. The molecular formula is C14H23NO. The molecule has 0 saturated heterocycles. The molecular weight excluding hydrogens is 198 g/mol. The van der Waals surface area contributed by atoms with Gasteiger partial charge in [-0.1, -0.05) is 20.8 Å². The molecule has 2 unspecified atom stereocenters. The van der Waals surface area contributed by atoms with Crippen LogP contribution in [0.1, 0.15) is 57.4 Å². The lowest BCUT2D eigenvalue weighted by Gasteiger charge is -2.29. The molecule has 1 aliphatic carbocycles. The van der Waals surface area contributed by atoms with E-state index in [1.165, 1.54) is 30.6 Å². The molecule has 0 radical (unpaired) electrons. The maximum absolute atomic E-state index is 5.52. The van der Waals surface area contributed by atoms with Crippen LogP contribution >= 0.6 is 0 Å². The van der Waals surface area contributed by atoms with Crippen molar-refractivity contribution in [3.63, 3.8) is 0 Å². The first-order valence-electron chi connectivity index (χ1n) is 6.54. The second-order valence-electron chi connectivity index (χ2n) is 5.17. The van der Waals surface area contributed by atoms with Gasteiger partial charge in [0.15, 0.2) is 0 Å². The molecule has 0 amide bonds. The zero-order valence-corrected chi connectivity index (χ0v) is 10.6. The average molecular weight is 221 g/mol. The van der Waals surface area contributed by atoms with Gasteiger partial charge in [-0.25, -0.2) is 0 Å².